The highest BCUT2D eigenvalue weighted by atomic mass is 35.5. The Morgan fingerprint density at radius 1 is 1.34 bits per heavy atom. The number of amides is 1. The van der Waals surface area contributed by atoms with Crippen LogP contribution in [-0.2, 0) is 6.54 Å². The van der Waals surface area contributed by atoms with Crippen molar-refractivity contribution in [3.8, 4) is 5.75 Å². The van der Waals surface area contributed by atoms with E-state index in [0.29, 0.717) is 10.9 Å². The lowest BCUT2D eigenvalue weighted by atomic mass is 10.1. The highest BCUT2D eigenvalue weighted by Crippen LogP contribution is 2.29. The van der Waals surface area contributed by atoms with Gasteiger partial charge in [-0.15, -0.1) is 6.58 Å². The Bertz CT molecular complexity index is 1220. The molecule has 3 aromatic rings. The second-order valence-electron chi connectivity index (χ2n) is 5.87. The van der Waals surface area contributed by atoms with Gasteiger partial charge in [0.05, 0.1) is 15.9 Å². The number of allylic oxidation sites excluding steroid dienone is 1. The van der Waals surface area contributed by atoms with Crippen LogP contribution in [-0.4, -0.2) is 22.1 Å². The molecule has 0 atom stereocenters. The average Bonchev–Trinajstić information content (AvgIpc) is 2.66. The molecule has 1 aromatic heterocycles. The fraction of sp³-hybridized carbons (Fsp3) is 0.105. The monoisotopic (exact) mass is 437 g/mol. The predicted molar refractivity (Wildman–Crippen MR) is 110 cm³/mol. The van der Waals surface area contributed by atoms with Gasteiger partial charge in [-0.1, -0.05) is 17.7 Å². The summed E-state index contributed by atoms with van der Waals surface area (Å²) in [5.74, 6) is -0.686. The number of benzene rings is 2. The molecular weight excluding hydrogens is 424 g/mol. The van der Waals surface area contributed by atoms with E-state index in [1.54, 1.807) is 6.08 Å². The number of nitrogens with zero attached hydrogens (tertiary/aromatic N) is 1. The summed E-state index contributed by atoms with van der Waals surface area (Å²) in [4.78, 5) is 28.0. The molecule has 3 rings (SSSR count). The van der Waals surface area contributed by atoms with Gasteiger partial charge < -0.3 is 15.0 Å². The highest BCUT2D eigenvalue weighted by molar-refractivity contribution is 7.71. The Morgan fingerprint density at radius 2 is 2.10 bits per heavy atom. The molecule has 1 heterocycles. The molecule has 150 valence electrons. The van der Waals surface area contributed by atoms with Crippen molar-refractivity contribution in [2.75, 3.05) is 5.32 Å². The lowest BCUT2D eigenvalue weighted by Gasteiger charge is -2.10. The largest absolute Gasteiger partial charge is 0.433 e. The number of aromatic nitrogens is 2. The van der Waals surface area contributed by atoms with Crippen molar-refractivity contribution in [2.24, 2.45) is 0 Å². The maximum Gasteiger partial charge on any atom is 0.387 e. The van der Waals surface area contributed by atoms with Gasteiger partial charge in [-0.3, -0.25) is 14.2 Å². The van der Waals surface area contributed by atoms with Gasteiger partial charge in [0.15, 0.2) is 4.77 Å². The fourth-order valence-corrected chi connectivity index (χ4v) is 3.16. The van der Waals surface area contributed by atoms with Crippen molar-refractivity contribution in [3.63, 3.8) is 0 Å². The summed E-state index contributed by atoms with van der Waals surface area (Å²) >= 11 is 11.1. The minimum Gasteiger partial charge on any atom is -0.433 e. The van der Waals surface area contributed by atoms with Gasteiger partial charge in [0.25, 0.3) is 11.5 Å². The zero-order chi connectivity index (χ0) is 21.1. The lowest BCUT2D eigenvalue weighted by molar-refractivity contribution is -0.0497. The van der Waals surface area contributed by atoms with E-state index in [1.807, 2.05) is 0 Å². The van der Waals surface area contributed by atoms with Gasteiger partial charge in [-0.05, 0) is 48.6 Å². The zero-order valence-electron chi connectivity index (χ0n) is 14.7. The van der Waals surface area contributed by atoms with E-state index in [2.05, 4.69) is 21.6 Å². The van der Waals surface area contributed by atoms with Crippen molar-refractivity contribution in [2.45, 2.75) is 13.2 Å². The van der Waals surface area contributed by atoms with Crippen LogP contribution in [0, 0.1) is 4.77 Å². The van der Waals surface area contributed by atoms with E-state index < -0.39 is 12.5 Å². The number of fused-ring (bicyclic) bond motifs is 1. The van der Waals surface area contributed by atoms with Crippen molar-refractivity contribution < 1.29 is 18.3 Å². The van der Waals surface area contributed by atoms with Gasteiger partial charge in [-0.2, -0.15) is 8.78 Å². The molecule has 0 spiro atoms. The van der Waals surface area contributed by atoms with E-state index in [0.717, 1.165) is 0 Å². The number of nitrogens with one attached hydrogen (secondary N) is 2. The first-order valence-electron chi connectivity index (χ1n) is 8.23. The second-order valence-corrected chi connectivity index (χ2v) is 6.67. The van der Waals surface area contributed by atoms with Gasteiger partial charge in [0.1, 0.15) is 5.75 Å². The summed E-state index contributed by atoms with van der Waals surface area (Å²) in [5.41, 5.74) is 0.660. The van der Waals surface area contributed by atoms with Gasteiger partial charge >= 0.3 is 6.61 Å². The third kappa shape index (κ3) is 4.52. The maximum absolute atomic E-state index is 12.5. The molecule has 0 saturated carbocycles. The Hall–Kier alpha value is -3.04. The van der Waals surface area contributed by atoms with Crippen molar-refractivity contribution in [3.05, 3.63) is 74.8 Å². The summed E-state index contributed by atoms with van der Waals surface area (Å²) < 4.78 is 30.4. The molecule has 0 saturated heterocycles. The number of H-pyrrole nitrogens is 1. The van der Waals surface area contributed by atoms with Crippen LogP contribution in [0.1, 0.15) is 10.4 Å². The maximum atomic E-state index is 12.5. The lowest BCUT2D eigenvalue weighted by Crippen LogP contribution is -2.22. The molecule has 0 fully saturated rings. The van der Waals surface area contributed by atoms with E-state index in [9.17, 15) is 18.4 Å². The van der Waals surface area contributed by atoms with Crippen LogP contribution in [0.5, 0.6) is 5.75 Å². The van der Waals surface area contributed by atoms with E-state index in [4.69, 9.17) is 23.8 Å². The number of halogens is 3. The van der Waals surface area contributed by atoms with Gasteiger partial charge in [-0.25, -0.2) is 0 Å². The normalized spacial score (nSPS) is 10.9. The Morgan fingerprint density at radius 3 is 2.76 bits per heavy atom. The molecular formula is C19H14ClF2N3O3S. The zero-order valence-corrected chi connectivity index (χ0v) is 16.3. The summed E-state index contributed by atoms with van der Waals surface area (Å²) in [6, 6.07) is 8.40. The quantitative estimate of drug-likeness (QED) is 0.431. The molecule has 0 aliphatic rings. The molecule has 6 nitrogen and oxygen atoms in total. The highest BCUT2D eigenvalue weighted by Gasteiger charge is 2.13. The van der Waals surface area contributed by atoms with Crippen LogP contribution < -0.4 is 15.6 Å². The summed E-state index contributed by atoms with van der Waals surface area (Å²) in [5, 5.41) is 2.90. The number of hydrogen-bond donors (Lipinski definition) is 2. The van der Waals surface area contributed by atoms with Crippen LogP contribution in [0.4, 0.5) is 14.5 Å². The smallest absolute Gasteiger partial charge is 0.387 e. The Kier molecular flexibility index (Phi) is 6.09. The number of rotatable bonds is 6. The summed E-state index contributed by atoms with van der Waals surface area (Å²) in [6.45, 7) is 0.849. The predicted octanol–water partition coefficient (Wildman–Crippen LogP) is 4.75. The van der Waals surface area contributed by atoms with Crippen molar-refractivity contribution in [1.82, 2.24) is 9.55 Å². The molecule has 1 amide bonds. The molecule has 10 heteroatoms. The third-order valence-corrected chi connectivity index (χ3v) is 4.58. The van der Waals surface area contributed by atoms with Crippen LogP contribution in [0.25, 0.3) is 10.9 Å². The first kappa shape index (κ1) is 20.7. The van der Waals surface area contributed by atoms with Crippen LogP contribution >= 0.6 is 23.8 Å². The van der Waals surface area contributed by atoms with Crippen LogP contribution in [0.3, 0.4) is 0 Å². The van der Waals surface area contributed by atoms with E-state index in [-0.39, 0.29) is 38.9 Å². The third-order valence-electron chi connectivity index (χ3n) is 3.96. The number of carbonyl (C=O) groups excluding carboxylic acids is 1. The number of aromatic amines is 1. The number of alkyl halides is 2. The minimum absolute atomic E-state index is 0.0755. The molecule has 2 aromatic carbocycles. The number of hydrogen-bond acceptors (Lipinski definition) is 4. The molecule has 0 bridgehead atoms. The summed E-state index contributed by atoms with van der Waals surface area (Å²) in [7, 11) is 0. The van der Waals surface area contributed by atoms with Crippen molar-refractivity contribution in [1.29, 1.82) is 0 Å². The molecule has 0 aliphatic heterocycles. The van der Waals surface area contributed by atoms with E-state index in [1.165, 1.54) is 41.0 Å². The number of ether oxygens (including phenoxy) is 1. The SMILES string of the molecule is C=CCn1c(=S)[nH]c2cc(C(=O)Nc3ccc(OC(F)F)c(Cl)c3)ccc2c1=O. The first-order chi connectivity index (χ1) is 13.8. The second kappa shape index (κ2) is 8.54. The fourth-order valence-electron chi connectivity index (χ4n) is 2.66. The van der Waals surface area contributed by atoms with Gasteiger partial charge in [0.2, 0.25) is 0 Å². The number of anilines is 1. The van der Waals surface area contributed by atoms with Crippen molar-refractivity contribution >= 4 is 46.3 Å². The molecule has 0 radical (unpaired) electrons. The number of carbonyl (C=O) groups is 1. The summed E-state index contributed by atoms with van der Waals surface area (Å²) in [6.07, 6.45) is 1.56. The molecule has 0 unspecified atom stereocenters. The van der Waals surface area contributed by atoms with E-state index >= 15 is 0 Å². The Labute approximate surface area is 173 Å². The first-order valence-corrected chi connectivity index (χ1v) is 9.02. The minimum atomic E-state index is -3.01. The molecule has 29 heavy (non-hydrogen) atoms. The standard InChI is InChI=1S/C19H14ClF2N3O3S/c1-2-7-25-17(27)12-5-3-10(8-14(12)24-19(25)29)16(26)23-11-4-6-15(13(20)9-11)28-18(21)22/h2-6,8-9,18H,1,7H2,(H,23,26)(H,24,29). The van der Waals surface area contributed by atoms with Crippen LogP contribution in [0.15, 0.2) is 53.8 Å². The Balaban J connectivity index is 1.89. The molecule has 0 aliphatic carbocycles. The topological polar surface area (TPSA) is 76.1 Å². The van der Waals surface area contributed by atoms with Crippen LogP contribution in [0.2, 0.25) is 5.02 Å². The van der Waals surface area contributed by atoms with Gasteiger partial charge in [0, 0.05) is 17.8 Å². The molecule has 2 N–H and O–H groups in total. The average molecular weight is 438 g/mol.